The molecule has 2 aromatic rings. The molecule has 2 rings (SSSR count). The number of anilines is 1. The number of carbonyl (C=O) groups is 2. The second-order valence-corrected chi connectivity index (χ2v) is 6.27. The number of carbonyl (C=O) groups excluding carboxylic acids is 2. The second kappa shape index (κ2) is 8.47. The van der Waals surface area contributed by atoms with Crippen LogP contribution in [0.25, 0.3) is 0 Å². The number of nitrogens with zero attached hydrogens (tertiary/aromatic N) is 1. The van der Waals surface area contributed by atoms with E-state index >= 15 is 0 Å². The highest BCUT2D eigenvalue weighted by atomic mass is 19.1. The Bertz CT molecular complexity index is 758. The van der Waals surface area contributed by atoms with Crippen LogP contribution in [0, 0.1) is 5.82 Å². The van der Waals surface area contributed by atoms with Crippen LogP contribution in [-0.4, -0.2) is 32.1 Å². The summed E-state index contributed by atoms with van der Waals surface area (Å²) >= 11 is 0. The van der Waals surface area contributed by atoms with Crippen molar-refractivity contribution in [3.8, 4) is 0 Å². The van der Waals surface area contributed by atoms with E-state index in [1.807, 2.05) is 19.0 Å². The van der Waals surface area contributed by atoms with Crippen molar-refractivity contribution in [2.75, 3.05) is 19.0 Å². The van der Waals surface area contributed by atoms with Crippen molar-refractivity contribution < 1.29 is 18.7 Å². The average molecular weight is 358 g/mol. The van der Waals surface area contributed by atoms with Gasteiger partial charge in [-0.25, -0.2) is 9.18 Å². The van der Waals surface area contributed by atoms with Crippen molar-refractivity contribution in [2.24, 2.45) is 0 Å². The van der Waals surface area contributed by atoms with E-state index in [2.05, 4.69) is 5.32 Å². The number of ether oxygens (including phenoxy) is 1. The molecule has 0 radical (unpaired) electrons. The molecule has 5 nitrogen and oxygen atoms in total. The van der Waals surface area contributed by atoms with Gasteiger partial charge in [0, 0.05) is 19.8 Å². The fourth-order valence-corrected chi connectivity index (χ4v) is 2.34. The summed E-state index contributed by atoms with van der Waals surface area (Å²) in [5.74, 6) is -1.32. The Kier molecular flexibility index (Phi) is 6.33. The smallest absolute Gasteiger partial charge is 0.338 e. The van der Waals surface area contributed by atoms with E-state index in [4.69, 9.17) is 4.74 Å². The highest BCUT2D eigenvalue weighted by Crippen LogP contribution is 2.15. The van der Waals surface area contributed by atoms with Crippen LogP contribution in [0.15, 0.2) is 48.5 Å². The third-order valence-corrected chi connectivity index (χ3v) is 4.00. The quantitative estimate of drug-likeness (QED) is 0.805. The first-order valence-corrected chi connectivity index (χ1v) is 8.32. The van der Waals surface area contributed by atoms with E-state index in [9.17, 15) is 14.0 Å². The number of nitrogens with one attached hydrogen (secondary N) is 1. The fraction of sp³-hybridized carbons (Fsp3) is 0.300. The van der Waals surface area contributed by atoms with Crippen LogP contribution in [0.3, 0.4) is 0 Å². The molecule has 0 fully saturated rings. The minimum absolute atomic E-state index is 0.330. The van der Waals surface area contributed by atoms with Crippen LogP contribution >= 0.6 is 0 Å². The standard InChI is InChI=1S/C20H23FN2O3/c1-13(15-5-9-17(21)10-6-15)22-19(24)14(2)26-20(25)16-7-11-18(12-8-16)23(3)4/h5-14H,1-4H3,(H,22,24)/t13-,14+/m1/s1. The lowest BCUT2D eigenvalue weighted by molar-refractivity contribution is -0.129. The van der Waals surface area contributed by atoms with Gasteiger partial charge in [0.15, 0.2) is 6.10 Å². The Hall–Kier alpha value is -2.89. The van der Waals surface area contributed by atoms with Crippen LogP contribution < -0.4 is 10.2 Å². The van der Waals surface area contributed by atoms with E-state index in [1.54, 1.807) is 43.3 Å². The summed E-state index contributed by atoms with van der Waals surface area (Å²) in [7, 11) is 3.81. The summed E-state index contributed by atoms with van der Waals surface area (Å²) in [6, 6.07) is 12.5. The molecule has 2 aromatic carbocycles. The molecular weight excluding hydrogens is 335 g/mol. The van der Waals surface area contributed by atoms with Gasteiger partial charge in [0.05, 0.1) is 11.6 Å². The van der Waals surface area contributed by atoms with Gasteiger partial charge in [-0.3, -0.25) is 4.79 Å². The van der Waals surface area contributed by atoms with E-state index in [-0.39, 0.29) is 11.9 Å². The molecule has 2 atom stereocenters. The van der Waals surface area contributed by atoms with Crippen molar-refractivity contribution in [3.63, 3.8) is 0 Å². The minimum atomic E-state index is -0.945. The number of benzene rings is 2. The van der Waals surface area contributed by atoms with E-state index in [0.29, 0.717) is 5.56 Å². The molecule has 0 saturated carbocycles. The van der Waals surface area contributed by atoms with Crippen LogP contribution in [0.5, 0.6) is 0 Å². The molecule has 0 aromatic heterocycles. The van der Waals surface area contributed by atoms with Crippen molar-refractivity contribution in [3.05, 3.63) is 65.5 Å². The van der Waals surface area contributed by atoms with Crippen LogP contribution in [0.4, 0.5) is 10.1 Å². The molecule has 0 heterocycles. The van der Waals surface area contributed by atoms with Crippen LogP contribution in [0.1, 0.15) is 35.8 Å². The minimum Gasteiger partial charge on any atom is -0.449 e. The Morgan fingerprint density at radius 2 is 1.58 bits per heavy atom. The Morgan fingerprint density at radius 3 is 2.12 bits per heavy atom. The number of amides is 1. The predicted molar refractivity (Wildman–Crippen MR) is 98.6 cm³/mol. The highest BCUT2D eigenvalue weighted by Gasteiger charge is 2.21. The van der Waals surface area contributed by atoms with Gasteiger partial charge in [0.2, 0.25) is 0 Å². The Balaban J connectivity index is 1.93. The first-order chi connectivity index (χ1) is 12.3. The van der Waals surface area contributed by atoms with Crippen LogP contribution in [-0.2, 0) is 9.53 Å². The molecule has 0 aliphatic rings. The molecule has 1 amide bonds. The number of hydrogen-bond donors (Lipinski definition) is 1. The lowest BCUT2D eigenvalue weighted by Gasteiger charge is -2.18. The number of esters is 1. The Morgan fingerprint density at radius 1 is 1.00 bits per heavy atom. The van der Waals surface area contributed by atoms with Gasteiger partial charge in [-0.05, 0) is 55.8 Å². The molecule has 0 saturated heterocycles. The number of rotatable bonds is 6. The molecule has 0 aliphatic heterocycles. The molecule has 26 heavy (non-hydrogen) atoms. The normalized spacial score (nSPS) is 12.8. The summed E-state index contributed by atoms with van der Waals surface area (Å²) < 4.78 is 18.2. The van der Waals surface area contributed by atoms with Gasteiger partial charge in [0.25, 0.3) is 5.91 Å². The van der Waals surface area contributed by atoms with Crippen molar-refractivity contribution in [2.45, 2.75) is 26.0 Å². The first-order valence-electron chi connectivity index (χ1n) is 8.32. The largest absolute Gasteiger partial charge is 0.449 e. The summed E-state index contributed by atoms with van der Waals surface area (Å²) in [6.45, 7) is 3.29. The van der Waals surface area contributed by atoms with Gasteiger partial charge in [0.1, 0.15) is 5.82 Å². The number of halogens is 1. The van der Waals surface area contributed by atoms with Gasteiger partial charge in [-0.15, -0.1) is 0 Å². The maximum Gasteiger partial charge on any atom is 0.338 e. The van der Waals surface area contributed by atoms with Gasteiger partial charge in [-0.1, -0.05) is 12.1 Å². The van der Waals surface area contributed by atoms with E-state index in [0.717, 1.165) is 11.3 Å². The fourth-order valence-electron chi connectivity index (χ4n) is 2.34. The molecule has 0 spiro atoms. The third-order valence-electron chi connectivity index (χ3n) is 4.00. The number of hydrogen-bond acceptors (Lipinski definition) is 4. The third kappa shape index (κ3) is 5.05. The zero-order valence-electron chi connectivity index (χ0n) is 15.3. The zero-order chi connectivity index (χ0) is 19.3. The van der Waals surface area contributed by atoms with E-state index in [1.165, 1.54) is 19.1 Å². The molecule has 1 N–H and O–H groups in total. The summed E-state index contributed by atoms with van der Waals surface area (Å²) in [4.78, 5) is 26.3. The van der Waals surface area contributed by atoms with Gasteiger partial charge >= 0.3 is 5.97 Å². The van der Waals surface area contributed by atoms with Gasteiger partial charge < -0.3 is 15.0 Å². The lowest BCUT2D eigenvalue weighted by atomic mass is 10.1. The maximum atomic E-state index is 13.0. The summed E-state index contributed by atoms with van der Waals surface area (Å²) in [5.41, 5.74) is 2.10. The molecular formula is C20H23FN2O3. The highest BCUT2D eigenvalue weighted by molar-refractivity contribution is 5.92. The average Bonchev–Trinajstić information content (AvgIpc) is 2.62. The zero-order valence-corrected chi connectivity index (χ0v) is 15.3. The van der Waals surface area contributed by atoms with Crippen LogP contribution in [0.2, 0.25) is 0 Å². The second-order valence-electron chi connectivity index (χ2n) is 6.27. The van der Waals surface area contributed by atoms with E-state index < -0.39 is 18.0 Å². The SMILES string of the molecule is C[C@H](OC(=O)c1ccc(N(C)C)cc1)C(=O)N[C@H](C)c1ccc(F)cc1. The van der Waals surface area contributed by atoms with Crippen molar-refractivity contribution >= 4 is 17.6 Å². The summed E-state index contributed by atoms with van der Waals surface area (Å²) in [5, 5.41) is 2.75. The predicted octanol–water partition coefficient (Wildman–Crippen LogP) is 3.31. The molecule has 6 heteroatoms. The molecule has 0 unspecified atom stereocenters. The van der Waals surface area contributed by atoms with Crippen molar-refractivity contribution in [1.29, 1.82) is 0 Å². The van der Waals surface area contributed by atoms with Gasteiger partial charge in [-0.2, -0.15) is 0 Å². The van der Waals surface area contributed by atoms with Crippen molar-refractivity contribution in [1.82, 2.24) is 5.32 Å². The monoisotopic (exact) mass is 358 g/mol. The molecule has 0 aliphatic carbocycles. The molecule has 0 bridgehead atoms. The Labute approximate surface area is 152 Å². The summed E-state index contributed by atoms with van der Waals surface area (Å²) in [6.07, 6.45) is -0.945. The molecule has 138 valence electrons. The first kappa shape index (κ1) is 19.4. The lowest BCUT2D eigenvalue weighted by Crippen LogP contribution is -2.37. The topological polar surface area (TPSA) is 58.6 Å². The maximum absolute atomic E-state index is 13.0.